The largest absolute Gasteiger partial charge is 0.0985 e. The van der Waals surface area contributed by atoms with E-state index in [2.05, 4.69) is 134 Å². The van der Waals surface area contributed by atoms with E-state index in [-0.39, 0.29) is 0 Å². The monoisotopic (exact) mass is 456 g/mol. The van der Waals surface area contributed by atoms with E-state index < -0.39 is 0 Å². The summed E-state index contributed by atoms with van der Waals surface area (Å²) in [4.78, 5) is 0. The van der Waals surface area contributed by atoms with Crippen molar-refractivity contribution < 1.29 is 0 Å². The maximum absolute atomic E-state index is 3.85. The van der Waals surface area contributed by atoms with Gasteiger partial charge in [0.1, 0.15) is 0 Å². The zero-order chi connectivity index (χ0) is 24.1. The molecule has 0 aromatic heterocycles. The zero-order valence-electron chi connectivity index (χ0n) is 19.9. The Morgan fingerprint density at radius 2 is 0.889 bits per heavy atom. The SMILES string of the molecule is C=Cc1ccc(-c2ccc(-c3ccc4c(c3)c3ccccc3c3c5ccccc5ccc43)cc2)cc1. The van der Waals surface area contributed by atoms with Crippen LogP contribution in [-0.2, 0) is 0 Å². The summed E-state index contributed by atoms with van der Waals surface area (Å²) in [6, 6.07) is 46.4. The molecule has 168 valence electrons. The van der Waals surface area contributed by atoms with Gasteiger partial charge in [0.15, 0.2) is 0 Å². The molecule has 0 heterocycles. The second kappa shape index (κ2) is 8.22. The van der Waals surface area contributed by atoms with E-state index >= 15 is 0 Å². The lowest BCUT2D eigenvalue weighted by molar-refractivity contribution is 1.59. The minimum atomic E-state index is 1.14. The molecule has 0 nitrogen and oxygen atoms in total. The maximum Gasteiger partial charge on any atom is -0.00204 e. The summed E-state index contributed by atoms with van der Waals surface area (Å²) in [7, 11) is 0. The van der Waals surface area contributed by atoms with E-state index in [0.717, 1.165) is 5.56 Å². The van der Waals surface area contributed by atoms with Gasteiger partial charge in [0.2, 0.25) is 0 Å². The smallest absolute Gasteiger partial charge is 0.00204 e. The van der Waals surface area contributed by atoms with E-state index in [0.29, 0.717) is 0 Å². The maximum atomic E-state index is 3.85. The summed E-state index contributed by atoms with van der Waals surface area (Å²) in [5.74, 6) is 0. The summed E-state index contributed by atoms with van der Waals surface area (Å²) in [6.45, 7) is 3.85. The third kappa shape index (κ3) is 3.23. The highest BCUT2D eigenvalue weighted by molar-refractivity contribution is 6.31. The van der Waals surface area contributed by atoms with Crippen LogP contribution in [0.3, 0.4) is 0 Å². The average molecular weight is 457 g/mol. The summed E-state index contributed by atoms with van der Waals surface area (Å²) in [6.07, 6.45) is 1.88. The van der Waals surface area contributed by atoms with Crippen molar-refractivity contribution in [2.45, 2.75) is 0 Å². The topological polar surface area (TPSA) is 0 Å². The Morgan fingerprint density at radius 3 is 1.61 bits per heavy atom. The lowest BCUT2D eigenvalue weighted by Gasteiger charge is -2.14. The van der Waals surface area contributed by atoms with Crippen LogP contribution in [0.4, 0.5) is 0 Å². The summed E-state index contributed by atoms with van der Waals surface area (Å²) >= 11 is 0. The molecule has 0 saturated carbocycles. The molecule has 0 heteroatoms. The van der Waals surface area contributed by atoms with E-state index in [1.54, 1.807) is 0 Å². The summed E-state index contributed by atoms with van der Waals surface area (Å²) in [5, 5.41) is 10.5. The third-order valence-corrected chi connectivity index (χ3v) is 7.42. The minimum Gasteiger partial charge on any atom is -0.0985 e. The first-order chi connectivity index (χ1) is 17.8. The highest BCUT2D eigenvalue weighted by Gasteiger charge is 2.12. The van der Waals surface area contributed by atoms with Crippen molar-refractivity contribution in [3.8, 4) is 22.3 Å². The lowest BCUT2D eigenvalue weighted by atomic mass is 9.89. The Labute approximate surface area is 210 Å². The van der Waals surface area contributed by atoms with Crippen molar-refractivity contribution >= 4 is 49.2 Å². The molecule has 0 bridgehead atoms. The highest BCUT2D eigenvalue weighted by atomic mass is 14.2. The van der Waals surface area contributed by atoms with Crippen LogP contribution in [0.15, 0.2) is 134 Å². The van der Waals surface area contributed by atoms with E-state index in [1.807, 2.05) is 6.08 Å². The van der Waals surface area contributed by atoms with Crippen LogP contribution in [-0.4, -0.2) is 0 Å². The number of rotatable bonds is 3. The van der Waals surface area contributed by atoms with Gasteiger partial charge >= 0.3 is 0 Å². The molecule has 0 radical (unpaired) electrons. The van der Waals surface area contributed by atoms with Crippen molar-refractivity contribution in [2.24, 2.45) is 0 Å². The van der Waals surface area contributed by atoms with Crippen LogP contribution in [0.25, 0.3) is 71.4 Å². The molecule has 0 N–H and O–H groups in total. The van der Waals surface area contributed by atoms with Gasteiger partial charge in [-0.2, -0.15) is 0 Å². The van der Waals surface area contributed by atoms with Gasteiger partial charge in [-0.05, 0) is 77.0 Å². The van der Waals surface area contributed by atoms with E-state index in [9.17, 15) is 0 Å². The molecule has 0 unspecified atom stereocenters. The lowest BCUT2D eigenvalue weighted by Crippen LogP contribution is -1.87. The zero-order valence-corrected chi connectivity index (χ0v) is 19.9. The Bertz CT molecular complexity index is 1900. The molecule has 0 amide bonds. The van der Waals surface area contributed by atoms with E-state index in [4.69, 9.17) is 0 Å². The quantitative estimate of drug-likeness (QED) is 0.232. The van der Waals surface area contributed by atoms with Crippen molar-refractivity contribution in [3.63, 3.8) is 0 Å². The van der Waals surface area contributed by atoms with Gasteiger partial charge in [0.25, 0.3) is 0 Å². The predicted octanol–water partition coefficient (Wildman–Crippen LogP) is 10.3. The molecule has 0 aliphatic carbocycles. The van der Waals surface area contributed by atoms with Crippen LogP contribution in [0.1, 0.15) is 5.56 Å². The molecule has 0 aliphatic rings. The number of hydrogen-bond acceptors (Lipinski definition) is 0. The number of fused-ring (bicyclic) bond motifs is 8. The van der Waals surface area contributed by atoms with Gasteiger partial charge in [-0.1, -0.05) is 134 Å². The molecule has 7 aromatic rings. The minimum absolute atomic E-state index is 1.14. The molecule has 7 rings (SSSR count). The fraction of sp³-hybridized carbons (Fsp3) is 0. The van der Waals surface area contributed by atoms with Crippen molar-refractivity contribution in [2.75, 3.05) is 0 Å². The average Bonchev–Trinajstić information content (AvgIpc) is 2.97. The fourth-order valence-electron chi connectivity index (χ4n) is 5.57. The molecule has 0 aliphatic heterocycles. The first-order valence-electron chi connectivity index (χ1n) is 12.4. The van der Waals surface area contributed by atoms with E-state index in [1.165, 1.54) is 65.3 Å². The van der Waals surface area contributed by atoms with Crippen LogP contribution >= 0.6 is 0 Å². The van der Waals surface area contributed by atoms with Gasteiger partial charge in [0.05, 0.1) is 0 Å². The second-order valence-corrected chi connectivity index (χ2v) is 9.42. The fourth-order valence-corrected chi connectivity index (χ4v) is 5.57. The van der Waals surface area contributed by atoms with Gasteiger partial charge in [0, 0.05) is 0 Å². The van der Waals surface area contributed by atoms with Crippen LogP contribution in [0.5, 0.6) is 0 Å². The van der Waals surface area contributed by atoms with Crippen LogP contribution in [0.2, 0.25) is 0 Å². The molecule has 0 atom stereocenters. The Morgan fingerprint density at radius 1 is 0.389 bits per heavy atom. The molecule has 0 spiro atoms. The molecule has 36 heavy (non-hydrogen) atoms. The summed E-state index contributed by atoms with van der Waals surface area (Å²) in [5.41, 5.74) is 6.04. The van der Waals surface area contributed by atoms with Gasteiger partial charge < -0.3 is 0 Å². The molecule has 7 aromatic carbocycles. The standard InChI is InChI=1S/C36H24/c1-2-24-11-13-25(14-12-24)26-15-17-27(18-16-26)29-20-21-32-34-22-19-28-7-3-4-8-30(28)36(34)33-10-6-5-9-31(33)35(32)23-29/h2-23H,1H2. The molecular formula is C36H24. The first-order valence-corrected chi connectivity index (χ1v) is 12.4. The van der Waals surface area contributed by atoms with Crippen molar-refractivity contribution in [1.29, 1.82) is 0 Å². The highest BCUT2D eigenvalue weighted by Crippen LogP contribution is 2.40. The first kappa shape index (κ1) is 20.7. The van der Waals surface area contributed by atoms with Gasteiger partial charge in [-0.15, -0.1) is 0 Å². The summed E-state index contributed by atoms with van der Waals surface area (Å²) < 4.78 is 0. The van der Waals surface area contributed by atoms with Crippen LogP contribution < -0.4 is 0 Å². The molecular weight excluding hydrogens is 432 g/mol. The third-order valence-electron chi connectivity index (χ3n) is 7.42. The van der Waals surface area contributed by atoms with Crippen molar-refractivity contribution in [1.82, 2.24) is 0 Å². The Hall–Kier alpha value is -4.68. The second-order valence-electron chi connectivity index (χ2n) is 9.42. The van der Waals surface area contributed by atoms with Crippen molar-refractivity contribution in [3.05, 3.63) is 140 Å². The number of benzene rings is 7. The Kier molecular flexibility index (Phi) is 4.72. The van der Waals surface area contributed by atoms with Gasteiger partial charge in [-0.25, -0.2) is 0 Å². The molecule has 0 fully saturated rings. The van der Waals surface area contributed by atoms with Crippen LogP contribution in [0, 0.1) is 0 Å². The molecule has 0 saturated heterocycles. The normalized spacial score (nSPS) is 11.4. The number of hydrogen-bond donors (Lipinski definition) is 0. The Balaban J connectivity index is 1.41. The van der Waals surface area contributed by atoms with Gasteiger partial charge in [-0.3, -0.25) is 0 Å². The predicted molar refractivity (Wildman–Crippen MR) is 157 cm³/mol.